The molecule has 2 N–H and O–H groups in total. The second-order valence-electron chi connectivity index (χ2n) is 4.05. The zero-order chi connectivity index (χ0) is 13.1. The lowest BCUT2D eigenvalue weighted by Gasteiger charge is -2.03. The number of carbonyl (C=O) groups is 1. The number of aromatic nitrogens is 2. The van der Waals surface area contributed by atoms with E-state index in [1.54, 1.807) is 35.3 Å². The van der Waals surface area contributed by atoms with Crippen LogP contribution >= 0.6 is 15.9 Å². The van der Waals surface area contributed by atoms with Crippen molar-refractivity contribution in [3.8, 4) is 0 Å². The van der Waals surface area contributed by atoms with Crippen molar-refractivity contribution in [1.82, 2.24) is 9.78 Å². The van der Waals surface area contributed by atoms with Gasteiger partial charge in [-0.15, -0.1) is 0 Å². The Labute approximate surface area is 114 Å². The van der Waals surface area contributed by atoms with Crippen LogP contribution in [0.15, 0.2) is 35.1 Å². The molecule has 0 radical (unpaired) electrons. The summed E-state index contributed by atoms with van der Waals surface area (Å²) in [6.45, 7) is 2.87. The molecule has 0 amide bonds. The largest absolute Gasteiger partial charge is 0.398 e. The second kappa shape index (κ2) is 5.35. The molecular formula is C13H14BrN3O. The Hall–Kier alpha value is -1.62. The Morgan fingerprint density at radius 1 is 1.50 bits per heavy atom. The highest BCUT2D eigenvalue weighted by Gasteiger charge is 2.14. The lowest BCUT2D eigenvalue weighted by Crippen LogP contribution is -2.04. The number of nitrogen functional groups attached to an aromatic ring is 1. The summed E-state index contributed by atoms with van der Waals surface area (Å²) >= 11 is 3.32. The molecule has 0 aliphatic carbocycles. The number of hydrogen-bond acceptors (Lipinski definition) is 3. The van der Waals surface area contributed by atoms with Crippen molar-refractivity contribution in [1.29, 1.82) is 0 Å². The number of anilines is 1. The van der Waals surface area contributed by atoms with Gasteiger partial charge in [-0.1, -0.05) is 22.9 Å². The Morgan fingerprint density at radius 2 is 2.28 bits per heavy atom. The van der Waals surface area contributed by atoms with E-state index in [0.29, 0.717) is 16.8 Å². The number of aryl methyl sites for hydroxylation is 1. The molecule has 4 nitrogen and oxygen atoms in total. The molecule has 0 spiro atoms. The van der Waals surface area contributed by atoms with E-state index in [1.807, 2.05) is 0 Å². The van der Waals surface area contributed by atoms with Crippen LogP contribution in [-0.2, 0) is 6.54 Å². The Kier molecular flexibility index (Phi) is 3.81. The first-order valence-corrected chi connectivity index (χ1v) is 6.53. The van der Waals surface area contributed by atoms with Crippen molar-refractivity contribution >= 4 is 27.4 Å². The number of nitrogens with zero attached hydrogens (tertiary/aromatic N) is 2. The van der Waals surface area contributed by atoms with E-state index in [9.17, 15) is 4.79 Å². The smallest absolute Gasteiger partial charge is 0.198 e. The molecule has 0 saturated heterocycles. The number of hydrogen-bond donors (Lipinski definition) is 1. The van der Waals surface area contributed by atoms with Crippen molar-refractivity contribution in [3.05, 3.63) is 46.2 Å². The summed E-state index contributed by atoms with van der Waals surface area (Å²) in [6.07, 6.45) is 4.32. The van der Waals surface area contributed by atoms with E-state index in [1.165, 1.54) is 0 Å². The van der Waals surface area contributed by atoms with Gasteiger partial charge in [-0.2, -0.15) is 5.10 Å². The van der Waals surface area contributed by atoms with Crippen molar-refractivity contribution in [2.24, 2.45) is 0 Å². The molecule has 5 heteroatoms. The second-order valence-corrected chi connectivity index (χ2v) is 4.97. The quantitative estimate of drug-likeness (QED) is 0.698. The lowest BCUT2D eigenvalue weighted by atomic mass is 10.0. The monoisotopic (exact) mass is 307 g/mol. The molecular weight excluding hydrogens is 294 g/mol. The summed E-state index contributed by atoms with van der Waals surface area (Å²) < 4.78 is 2.63. The fourth-order valence-corrected chi connectivity index (χ4v) is 2.11. The summed E-state index contributed by atoms with van der Waals surface area (Å²) in [5, 5.41) is 4.15. The molecule has 18 heavy (non-hydrogen) atoms. The predicted molar refractivity (Wildman–Crippen MR) is 74.5 cm³/mol. The van der Waals surface area contributed by atoms with Crippen molar-refractivity contribution in [2.45, 2.75) is 19.9 Å². The van der Waals surface area contributed by atoms with Gasteiger partial charge in [-0.05, 0) is 24.6 Å². The van der Waals surface area contributed by atoms with Crippen LogP contribution in [-0.4, -0.2) is 15.6 Å². The molecule has 0 saturated carbocycles. The third-order valence-electron chi connectivity index (χ3n) is 2.61. The number of rotatable bonds is 4. The summed E-state index contributed by atoms with van der Waals surface area (Å²) in [4.78, 5) is 12.2. The highest BCUT2D eigenvalue weighted by atomic mass is 79.9. The van der Waals surface area contributed by atoms with Crippen LogP contribution in [0.2, 0.25) is 0 Å². The van der Waals surface area contributed by atoms with Gasteiger partial charge in [0.25, 0.3) is 0 Å². The minimum atomic E-state index is -0.0950. The van der Waals surface area contributed by atoms with Crippen LogP contribution in [0.3, 0.4) is 0 Å². The minimum absolute atomic E-state index is 0.0950. The maximum absolute atomic E-state index is 12.2. The first-order valence-electron chi connectivity index (χ1n) is 5.74. The molecule has 0 bridgehead atoms. The van der Waals surface area contributed by atoms with E-state index in [-0.39, 0.29) is 5.78 Å². The van der Waals surface area contributed by atoms with Gasteiger partial charge in [0.1, 0.15) is 0 Å². The molecule has 0 aliphatic heterocycles. The fourth-order valence-electron chi connectivity index (χ4n) is 1.73. The van der Waals surface area contributed by atoms with E-state index < -0.39 is 0 Å². The first kappa shape index (κ1) is 12.8. The van der Waals surface area contributed by atoms with E-state index >= 15 is 0 Å². The van der Waals surface area contributed by atoms with Crippen LogP contribution in [0.1, 0.15) is 29.3 Å². The average Bonchev–Trinajstić information content (AvgIpc) is 2.77. The van der Waals surface area contributed by atoms with Gasteiger partial charge in [0.2, 0.25) is 0 Å². The number of benzene rings is 1. The molecule has 1 heterocycles. The summed E-state index contributed by atoms with van der Waals surface area (Å²) in [6, 6.07) is 5.25. The fraction of sp³-hybridized carbons (Fsp3) is 0.231. The Bertz CT molecular complexity index is 577. The van der Waals surface area contributed by atoms with Gasteiger partial charge in [-0.25, -0.2) is 0 Å². The maximum Gasteiger partial charge on any atom is 0.198 e. The zero-order valence-electron chi connectivity index (χ0n) is 10.1. The van der Waals surface area contributed by atoms with Crippen LogP contribution < -0.4 is 5.73 Å². The first-order chi connectivity index (χ1) is 8.61. The normalized spacial score (nSPS) is 10.6. The molecule has 94 valence electrons. The molecule has 0 aliphatic rings. The average molecular weight is 308 g/mol. The van der Waals surface area contributed by atoms with Crippen LogP contribution in [0.25, 0.3) is 0 Å². The van der Waals surface area contributed by atoms with Gasteiger partial charge < -0.3 is 5.73 Å². The summed E-state index contributed by atoms with van der Waals surface area (Å²) in [7, 11) is 0. The molecule has 1 aromatic heterocycles. The van der Waals surface area contributed by atoms with Crippen molar-refractivity contribution in [2.75, 3.05) is 5.73 Å². The minimum Gasteiger partial charge on any atom is -0.398 e. The Morgan fingerprint density at radius 3 is 2.94 bits per heavy atom. The van der Waals surface area contributed by atoms with E-state index in [0.717, 1.165) is 17.4 Å². The predicted octanol–water partition coefficient (Wildman–Crippen LogP) is 2.87. The maximum atomic E-state index is 12.2. The molecule has 0 unspecified atom stereocenters. The van der Waals surface area contributed by atoms with E-state index in [2.05, 4.69) is 28.0 Å². The van der Waals surface area contributed by atoms with Crippen LogP contribution in [0.4, 0.5) is 5.69 Å². The van der Waals surface area contributed by atoms with Crippen LogP contribution in [0.5, 0.6) is 0 Å². The molecule has 2 rings (SSSR count). The number of carbonyl (C=O) groups excluding carboxylic acids is 1. The van der Waals surface area contributed by atoms with Gasteiger partial charge in [-0.3, -0.25) is 9.48 Å². The molecule has 1 aromatic carbocycles. The van der Waals surface area contributed by atoms with Crippen molar-refractivity contribution in [3.63, 3.8) is 0 Å². The van der Waals surface area contributed by atoms with Crippen LogP contribution in [0, 0.1) is 0 Å². The topological polar surface area (TPSA) is 60.9 Å². The third kappa shape index (κ3) is 2.61. The molecule has 0 fully saturated rings. The van der Waals surface area contributed by atoms with Gasteiger partial charge in [0.05, 0.1) is 11.8 Å². The summed E-state index contributed by atoms with van der Waals surface area (Å²) in [5.41, 5.74) is 7.39. The number of ketones is 1. The van der Waals surface area contributed by atoms with Gasteiger partial charge in [0, 0.05) is 28.5 Å². The SMILES string of the molecule is CCCn1cc(C(=O)c2ccc(Br)cc2N)cn1. The van der Waals surface area contributed by atoms with E-state index in [4.69, 9.17) is 5.73 Å². The van der Waals surface area contributed by atoms with Crippen molar-refractivity contribution < 1.29 is 4.79 Å². The third-order valence-corrected chi connectivity index (χ3v) is 3.10. The zero-order valence-corrected chi connectivity index (χ0v) is 11.6. The molecule has 2 aromatic rings. The molecule has 0 atom stereocenters. The number of nitrogens with two attached hydrogens (primary N) is 1. The Balaban J connectivity index is 2.29. The van der Waals surface area contributed by atoms with Gasteiger partial charge in [0.15, 0.2) is 5.78 Å². The standard InChI is InChI=1S/C13H14BrN3O/c1-2-5-17-8-9(7-16-17)13(18)11-4-3-10(14)6-12(11)15/h3-4,6-8H,2,5,15H2,1H3. The lowest BCUT2D eigenvalue weighted by molar-refractivity contribution is 0.103. The number of halogens is 1. The van der Waals surface area contributed by atoms with Gasteiger partial charge >= 0.3 is 0 Å². The summed E-state index contributed by atoms with van der Waals surface area (Å²) in [5.74, 6) is -0.0950. The highest BCUT2D eigenvalue weighted by Crippen LogP contribution is 2.21. The highest BCUT2D eigenvalue weighted by molar-refractivity contribution is 9.10.